The van der Waals surface area contributed by atoms with Gasteiger partial charge in [0.1, 0.15) is 5.41 Å². The number of ketones is 1. The second kappa shape index (κ2) is 4.56. The van der Waals surface area contributed by atoms with Crippen molar-refractivity contribution in [1.82, 2.24) is 0 Å². The van der Waals surface area contributed by atoms with E-state index in [-0.39, 0.29) is 17.7 Å². The van der Waals surface area contributed by atoms with Gasteiger partial charge in [-0.15, -0.1) is 0 Å². The second-order valence-corrected chi connectivity index (χ2v) is 5.13. The summed E-state index contributed by atoms with van der Waals surface area (Å²) in [6, 6.07) is 0. The van der Waals surface area contributed by atoms with Crippen LogP contribution in [0.5, 0.6) is 0 Å². The Balaban J connectivity index is 2.08. The van der Waals surface area contributed by atoms with E-state index in [1.807, 2.05) is 0 Å². The topological polar surface area (TPSA) is 43.4 Å². The molecule has 0 N–H and O–H groups in total. The van der Waals surface area contributed by atoms with Crippen LogP contribution < -0.4 is 0 Å². The van der Waals surface area contributed by atoms with E-state index in [4.69, 9.17) is 4.74 Å². The van der Waals surface area contributed by atoms with Crippen molar-refractivity contribution in [2.45, 2.75) is 51.4 Å². The van der Waals surface area contributed by atoms with E-state index in [9.17, 15) is 9.59 Å². The fourth-order valence-corrected chi connectivity index (χ4v) is 3.03. The van der Waals surface area contributed by atoms with Gasteiger partial charge in [-0.3, -0.25) is 9.59 Å². The number of hydrogen-bond acceptors (Lipinski definition) is 3. The van der Waals surface area contributed by atoms with Gasteiger partial charge < -0.3 is 4.74 Å². The summed E-state index contributed by atoms with van der Waals surface area (Å²) in [5, 5.41) is 0. The predicted molar refractivity (Wildman–Crippen MR) is 59.9 cm³/mol. The quantitative estimate of drug-likeness (QED) is 0.546. The molecule has 0 unspecified atom stereocenters. The van der Waals surface area contributed by atoms with Gasteiger partial charge in [0.05, 0.1) is 7.11 Å². The molecule has 0 bridgehead atoms. The monoisotopic (exact) mass is 224 g/mol. The van der Waals surface area contributed by atoms with E-state index < -0.39 is 5.41 Å². The maximum Gasteiger partial charge on any atom is 0.319 e. The van der Waals surface area contributed by atoms with Crippen LogP contribution >= 0.6 is 0 Å². The normalized spacial score (nSPS) is 24.6. The zero-order valence-corrected chi connectivity index (χ0v) is 9.96. The number of carbonyl (C=O) groups is 2. The molecule has 0 atom stereocenters. The highest BCUT2D eigenvalue weighted by Gasteiger charge is 2.53. The number of Topliss-reactive ketones (excluding diaryl/α,β-unsaturated/α-hetero) is 1. The molecule has 0 heterocycles. The summed E-state index contributed by atoms with van der Waals surface area (Å²) in [7, 11) is 1.39. The first kappa shape index (κ1) is 11.6. The first-order valence-corrected chi connectivity index (χ1v) is 6.33. The Morgan fingerprint density at radius 2 is 1.69 bits per heavy atom. The second-order valence-electron chi connectivity index (χ2n) is 5.13. The molecule has 3 nitrogen and oxygen atoms in total. The van der Waals surface area contributed by atoms with Gasteiger partial charge in [-0.1, -0.05) is 25.7 Å². The van der Waals surface area contributed by atoms with Crippen LogP contribution in [0.1, 0.15) is 51.4 Å². The van der Waals surface area contributed by atoms with Gasteiger partial charge in [-0.05, 0) is 25.7 Å². The molecule has 3 heteroatoms. The third kappa shape index (κ3) is 1.76. The third-order valence-corrected chi connectivity index (χ3v) is 4.23. The molecule has 2 aliphatic carbocycles. The lowest BCUT2D eigenvalue weighted by Crippen LogP contribution is -2.48. The Kier molecular flexibility index (Phi) is 3.31. The molecule has 2 rings (SSSR count). The minimum Gasteiger partial charge on any atom is -0.468 e. The SMILES string of the molecule is COC(=O)C1(C(=O)C2CCCCC2)CCC1. The molecule has 16 heavy (non-hydrogen) atoms. The van der Waals surface area contributed by atoms with Crippen LogP contribution in [0.3, 0.4) is 0 Å². The van der Waals surface area contributed by atoms with Crippen LogP contribution in [0.2, 0.25) is 0 Å². The number of esters is 1. The number of carbonyl (C=O) groups excluding carboxylic acids is 2. The van der Waals surface area contributed by atoms with Crippen molar-refractivity contribution in [1.29, 1.82) is 0 Å². The van der Waals surface area contributed by atoms with Gasteiger partial charge in [-0.25, -0.2) is 0 Å². The largest absolute Gasteiger partial charge is 0.468 e. The van der Waals surface area contributed by atoms with Gasteiger partial charge in [-0.2, -0.15) is 0 Å². The van der Waals surface area contributed by atoms with E-state index in [0.29, 0.717) is 12.8 Å². The van der Waals surface area contributed by atoms with Crippen molar-refractivity contribution in [3.05, 3.63) is 0 Å². The standard InChI is InChI=1S/C13H20O3/c1-16-12(15)13(8-5-9-13)11(14)10-6-3-2-4-7-10/h10H,2-9H2,1H3. The highest BCUT2D eigenvalue weighted by molar-refractivity contribution is 6.05. The van der Waals surface area contributed by atoms with Crippen molar-refractivity contribution in [3.8, 4) is 0 Å². The van der Waals surface area contributed by atoms with Gasteiger partial charge >= 0.3 is 5.97 Å². The van der Waals surface area contributed by atoms with Crippen LogP contribution in [-0.2, 0) is 14.3 Å². The van der Waals surface area contributed by atoms with Crippen LogP contribution in [0.15, 0.2) is 0 Å². The minimum atomic E-state index is -0.753. The Bertz CT molecular complexity index is 286. The molecule has 2 saturated carbocycles. The Hall–Kier alpha value is -0.860. The molecule has 0 radical (unpaired) electrons. The molecule has 0 amide bonds. The van der Waals surface area contributed by atoms with Crippen molar-refractivity contribution >= 4 is 11.8 Å². The summed E-state index contributed by atoms with van der Waals surface area (Å²) in [5.41, 5.74) is -0.753. The Labute approximate surface area is 96.5 Å². The molecule has 2 fully saturated rings. The lowest BCUT2D eigenvalue weighted by atomic mass is 9.61. The highest BCUT2D eigenvalue weighted by atomic mass is 16.5. The molecule has 90 valence electrons. The highest BCUT2D eigenvalue weighted by Crippen LogP contribution is 2.46. The predicted octanol–water partition coefficient (Wildman–Crippen LogP) is 2.48. The summed E-state index contributed by atoms with van der Waals surface area (Å²) in [6.45, 7) is 0. The van der Waals surface area contributed by atoms with Crippen molar-refractivity contribution in [2.75, 3.05) is 7.11 Å². The molecule has 0 aromatic rings. The molecule has 0 saturated heterocycles. The number of ether oxygens (including phenoxy) is 1. The van der Waals surface area contributed by atoms with Crippen LogP contribution in [0, 0.1) is 11.3 Å². The number of methoxy groups -OCH3 is 1. The molecule has 2 aliphatic rings. The van der Waals surface area contributed by atoms with Crippen molar-refractivity contribution < 1.29 is 14.3 Å². The number of rotatable bonds is 3. The van der Waals surface area contributed by atoms with E-state index >= 15 is 0 Å². The third-order valence-electron chi connectivity index (χ3n) is 4.23. The lowest BCUT2D eigenvalue weighted by molar-refractivity contribution is -0.166. The Morgan fingerprint density at radius 1 is 1.06 bits per heavy atom. The van der Waals surface area contributed by atoms with Crippen molar-refractivity contribution in [2.24, 2.45) is 11.3 Å². The van der Waals surface area contributed by atoms with E-state index in [0.717, 1.165) is 32.1 Å². The molecule has 0 aromatic carbocycles. The molecular weight excluding hydrogens is 204 g/mol. The first-order valence-electron chi connectivity index (χ1n) is 6.33. The fourth-order valence-electron chi connectivity index (χ4n) is 3.03. The minimum absolute atomic E-state index is 0.119. The van der Waals surface area contributed by atoms with Crippen LogP contribution in [0.25, 0.3) is 0 Å². The van der Waals surface area contributed by atoms with E-state index in [2.05, 4.69) is 0 Å². The first-order chi connectivity index (χ1) is 7.70. The molecular formula is C13H20O3. The average Bonchev–Trinajstić information content (AvgIpc) is 2.28. The molecule has 0 aromatic heterocycles. The maximum atomic E-state index is 12.4. The zero-order valence-electron chi connectivity index (χ0n) is 9.96. The fraction of sp³-hybridized carbons (Fsp3) is 0.846. The van der Waals surface area contributed by atoms with Gasteiger partial charge in [0.15, 0.2) is 5.78 Å². The maximum absolute atomic E-state index is 12.4. The van der Waals surface area contributed by atoms with E-state index in [1.54, 1.807) is 0 Å². The zero-order chi connectivity index (χ0) is 11.6. The number of hydrogen-bond donors (Lipinski definition) is 0. The Morgan fingerprint density at radius 3 is 2.12 bits per heavy atom. The van der Waals surface area contributed by atoms with Gasteiger partial charge in [0.2, 0.25) is 0 Å². The van der Waals surface area contributed by atoms with Gasteiger partial charge in [0.25, 0.3) is 0 Å². The van der Waals surface area contributed by atoms with E-state index in [1.165, 1.54) is 13.5 Å². The van der Waals surface area contributed by atoms with Gasteiger partial charge in [0, 0.05) is 5.92 Å². The molecule has 0 aliphatic heterocycles. The summed E-state index contributed by atoms with van der Waals surface area (Å²) in [5.74, 6) is -0.00669. The lowest BCUT2D eigenvalue weighted by Gasteiger charge is -2.40. The summed E-state index contributed by atoms with van der Waals surface area (Å²) in [6.07, 6.45) is 7.82. The summed E-state index contributed by atoms with van der Waals surface area (Å²) < 4.78 is 4.81. The summed E-state index contributed by atoms with van der Waals surface area (Å²) in [4.78, 5) is 24.2. The molecule has 0 spiro atoms. The van der Waals surface area contributed by atoms with Crippen molar-refractivity contribution in [3.63, 3.8) is 0 Å². The summed E-state index contributed by atoms with van der Waals surface area (Å²) >= 11 is 0. The average molecular weight is 224 g/mol. The van der Waals surface area contributed by atoms with Crippen LogP contribution in [0.4, 0.5) is 0 Å². The van der Waals surface area contributed by atoms with Crippen LogP contribution in [-0.4, -0.2) is 18.9 Å². The smallest absolute Gasteiger partial charge is 0.319 e.